The average molecular weight is 345 g/mol. The molecule has 0 radical (unpaired) electrons. The maximum atomic E-state index is 13.2. The first-order chi connectivity index (χ1) is 12.0. The lowest BCUT2D eigenvalue weighted by atomic mass is 9.91. The van der Waals surface area contributed by atoms with Gasteiger partial charge in [0.25, 0.3) is 11.6 Å². The van der Waals surface area contributed by atoms with Gasteiger partial charge >= 0.3 is 0 Å². The fourth-order valence-corrected chi connectivity index (χ4v) is 4.22. The van der Waals surface area contributed by atoms with Gasteiger partial charge in [0.05, 0.1) is 16.2 Å². The second-order valence-corrected chi connectivity index (χ2v) is 7.66. The SMILES string of the molecule is C[C@@H]1C[C@H](C)CN(C(=O)c2cc([N+](=O)[O-])ccc2N2CCCCC2)C1. The Hall–Kier alpha value is -2.11. The zero-order chi connectivity index (χ0) is 18.0. The second-order valence-electron chi connectivity index (χ2n) is 7.66. The molecule has 3 rings (SSSR count). The Labute approximate surface area is 148 Å². The Morgan fingerprint density at radius 2 is 1.76 bits per heavy atom. The number of piperidine rings is 2. The number of benzene rings is 1. The number of likely N-dealkylation sites (tertiary alicyclic amines) is 1. The number of carbonyl (C=O) groups is 1. The summed E-state index contributed by atoms with van der Waals surface area (Å²) in [5.41, 5.74) is 1.32. The number of carbonyl (C=O) groups excluding carboxylic acids is 1. The van der Waals surface area contributed by atoms with Gasteiger partial charge in [0, 0.05) is 38.3 Å². The first kappa shape index (κ1) is 17.7. The van der Waals surface area contributed by atoms with Crippen LogP contribution < -0.4 is 4.90 Å². The summed E-state index contributed by atoms with van der Waals surface area (Å²) < 4.78 is 0. The van der Waals surface area contributed by atoms with Crippen LogP contribution in [-0.2, 0) is 0 Å². The van der Waals surface area contributed by atoms with Crippen LogP contribution in [0.15, 0.2) is 18.2 Å². The minimum Gasteiger partial charge on any atom is -0.371 e. The number of nitrogens with zero attached hydrogens (tertiary/aromatic N) is 3. The third-order valence-electron chi connectivity index (χ3n) is 5.27. The maximum Gasteiger partial charge on any atom is 0.270 e. The highest BCUT2D eigenvalue weighted by Gasteiger charge is 2.29. The second kappa shape index (κ2) is 7.42. The predicted molar refractivity (Wildman–Crippen MR) is 98.0 cm³/mol. The molecule has 6 heteroatoms. The number of nitro groups is 1. The predicted octanol–water partition coefficient (Wildman–Crippen LogP) is 3.70. The van der Waals surface area contributed by atoms with E-state index in [0.717, 1.165) is 51.1 Å². The van der Waals surface area contributed by atoms with Gasteiger partial charge in [-0.2, -0.15) is 0 Å². The summed E-state index contributed by atoms with van der Waals surface area (Å²) in [4.78, 5) is 28.1. The van der Waals surface area contributed by atoms with E-state index in [1.807, 2.05) is 4.90 Å². The Kier molecular flexibility index (Phi) is 5.25. The van der Waals surface area contributed by atoms with Gasteiger partial charge in [0.1, 0.15) is 0 Å². The first-order valence-corrected chi connectivity index (χ1v) is 9.28. The number of hydrogen-bond donors (Lipinski definition) is 0. The molecule has 0 aromatic heterocycles. The molecule has 0 spiro atoms. The van der Waals surface area contributed by atoms with E-state index in [1.54, 1.807) is 6.07 Å². The van der Waals surface area contributed by atoms with Crippen molar-refractivity contribution in [1.29, 1.82) is 0 Å². The van der Waals surface area contributed by atoms with Gasteiger partial charge in [-0.3, -0.25) is 14.9 Å². The molecule has 1 amide bonds. The van der Waals surface area contributed by atoms with E-state index >= 15 is 0 Å². The first-order valence-electron chi connectivity index (χ1n) is 9.28. The van der Waals surface area contributed by atoms with Crippen molar-refractivity contribution in [2.75, 3.05) is 31.1 Å². The summed E-state index contributed by atoms with van der Waals surface area (Å²) in [7, 11) is 0. The van der Waals surface area contributed by atoms with Crippen LogP contribution in [0.4, 0.5) is 11.4 Å². The maximum absolute atomic E-state index is 13.2. The van der Waals surface area contributed by atoms with Crippen LogP contribution in [0.25, 0.3) is 0 Å². The van der Waals surface area contributed by atoms with E-state index in [4.69, 9.17) is 0 Å². The summed E-state index contributed by atoms with van der Waals surface area (Å²) in [6.45, 7) is 7.59. The molecule has 25 heavy (non-hydrogen) atoms. The molecule has 2 saturated heterocycles. The van der Waals surface area contributed by atoms with E-state index in [2.05, 4.69) is 18.7 Å². The van der Waals surface area contributed by atoms with Crippen molar-refractivity contribution < 1.29 is 9.72 Å². The standard InChI is InChI=1S/C19H27N3O3/c1-14-10-15(2)13-21(12-14)19(23)17-11-16(22(24)25)6-7-18(17)20-8-4-3-5-9-20/h6-7,11,14-15H,3-5,8-10,12-13H2,1-2H3/t14-,15+. The van der Waals surface area contributed by atoms with Gasteiger partial charge in [-0.1, -0.05) is 13.8 Å². The Morgan fingerprint density at radius 1 is 1.12 bits per heavy atom. The molecular formula is C19H27N3O3. The van der Waals surface area contributed by atoms with Crippen molar-refractivity contribution in [1.82, 2.24) is 4.90 Å². The van der Waals surface area contributed by atoms with E-state index < -0.39 is 4.92 Å². The molecule has 2 aliphatic rings. The van der Waals surface area contributed by atoms with E-state index in [-0.39, 0.29) is 11.6 Å². The highest BCUT2D eigenvalue weighted by atomic mass is 16.6. The molecule has 0 bridgehead atoms. The number of anilines is 1. The number of non-ortho nitro benzene ring substituents is 1. The molecule has 2 atom stereocenters. The number of rotatable bonds is 3. The lowest BCUT2D eigenvalue weighted by molar-refractivity contribution is -0.384. The zero-order valence-corrected chi connectivity index (χ0v) is 15.1. The summed E-state index contributed by atoms with van der Waals surface area (Å²) >= 11 is 0. The minimum atomic E-state index is -0.418. The molecule has 0 unspecified atom stereocenters. The third kappa shape index (κ3) is 3.94. The summed E-state index contributed by atoms with van der Waals surface area (Å²) in [6, 6.07) is 4.74. The Morgan fingerprint density at radius 3 is 2.36 bits per heavy atom. The molecular weight excluding hydrogens is 318 g/mol. The van der Waals surface area contributed by atoms with Crippen LogP contribution in [0.5, 0.6) is 0 Å². The van der Waals surface area contributed by atoms with Crippen LogP contribution in [0.3, 0.4) is 0 Å². The van der Waals surface area contributed by atoms with Gasteiger partial charge < -0.3 is 9.80 Å². The quantitative estimate of drug-likeness (QED) is 0.619. The molecule has 1 aromatic carbocycles. The average Bonchev–Trinajstić information content (AvgIpc) is 2.60. The topological polar surface area (TPSA) is 66.7 Å². The van der Waals surface area contributed by atoms with Crippen molar-refractivity contribution in [3.05, 3.63) is 33.9 Å². The number of hydrogen-bond acceptors (Lipinski definition) is 4. The zero-order valence-electron chi connectivity index (χ0n) is 15.1. The van der Waals surface area contributed by atoms with Gasteiger partial charge in [-0.15, -0.1) is 0 Å². The number of amides is 1. The highest BCUT2D eigenvalue weighted by Crippen LogP contribution is 2.31. The smallest absolute Gasteiger partial charge is 0.270 e. The Balaban J connectivity index is 1.94. The lowest BCUT2D eigenvalue weighted by Crippen LogP contribution is -2.43. The summed E-state index contributed by atoms with van der Waals surface area (Å²) in [6.07, 6.45) is 4.52. The summed E-state index contributed by atoms with van der Waals surface area (Å²) in [5, 5.41) is 11.2. The van der Waals surface area contributed by atoms with Crippen LogP contribution in [0, 0.1) is 22.0 Å². The molecule has 0 N–H and O–H groups in total. The minimum absolute atomic E-state index is 0.0118. The van der Waals surface area contributed by atoms with E-state index in [9.17, 15) is 14.9 Å². The Bertz CT molecular complexity index is 645. The van der Waals surface area contributed by atoms with Gasteiger partial charge in [-0.05, 0) is 43.6 Å². The fraction of sp³-hybridized carbons (Fsp3) is 0.632. The van der Waals surface area contributed by atoms with Crippen LogP contribution in [0.1, 0.15) is 49.9 Å². The molecule has 2 heterocycles. The van der Waals surface area contributed by atoms with Crippen LogP contribution in [-0.4, -0.2) is 41.9 Å². The van der Waals surface area contributed by atoms with Crippen molar-refractivity contribution in [2.45, 2.75) is 39.5 Å². The van der Waals surface area contributed by atoms with Crippen molar-refractivity contribution >= 4 is 17.3 Å². The van der Waals surface area contributed by atoms with E-state index in [1.165, 1.54) is 18.6 Å². The van der Waals surface area contributed by atoms with Crippen molar-refractivity contribution in [3.8, 4) is 0 Å². The molecule has 136 valence electrons. The van der Waals surface area contributed by atoms with Crippen LogP contribution >= 0.6 is 0 Å². The highest BCUT2D eigenvalue weighted by molar-refractivity contribution is 6.00. The molecule has 2 aliphatic heterocycles. The van der Waals surface area contributed by atoms with Crippen molar-refractivity contribution in [2.24, 2.45) is 11.8 Å². The monoisotopic (exact) mass is 345 g/mol. The molecule has 6 nitrogen and oxygen atoms in total. The molecule has 1 aromatic rings. The third-order valence-corrected chi connectivity index (χ3v) is 5.27. The lowest BCUT2D eigenvalue weighted by Gasteiger charge is -2.36. The van der Waals surface area contributed by atoms with Gasteiger partial charge in [-0.25, -0.2) is 0 Å². The van der Waals surface area contributed by atoms with Gasteiger partial charge in [0.2, 0.25) is 0 Å². The molecule has 0 saturated carbocycles. The van der Waals surface area contributed by atoms with E-state index in [0.29, 0.717) is 17.4 Å². The number of nitro benzene ring substituents is 1. The normalized spacial score (nSPS) is 24.2. The van der Waals surface area contributed by atoms with Crippen LogP contribution in [0.2, 0.25) is 0 Å². The molecule has 2 fully saturated rings. The fourth-order valence-electron chi connectivity index (χ4n) is 4.22. The molecule has 0 aliphatic carbocycles. The van der Waals surface area contributed by atoms with Gasteiger partial charge in [0.15, 0.2) is 0 Å². The largest absolute Gasteiger partial charge is 0.371 e. The summed E-state index contributed by atoms with van der Waals surface area (Å²) in [5.74, 6) is 0.859. The van der Waals surface area contributed by atoms with Crippen molar-refractivity contribution in [3.63, 3.8) is 0 Å².